The lowest BCUT2D eigenvalue weighted by atomic mass is 10.0. The summed E-state index contributed by atoms with van der Waals surface area (Å²) in [6, 6.07) is 9.76. The highest BCUT2D eigenvalue weighted by Gasteiger charge is 2.30. The van der Waals surface area contributed by atoms with Crippen LogP contribution >= 0.6 is 15.9 Å². The van der Waals surface area contributed by atoms with Crippen LogP contribution in [0.5, 0.6) is 5.75 Å². The number of carbonyl (C=O) groups is 2. The van der Waals surface area contributed by atoms with Crippen molar-refractivity contribution in [3.63, 3.8) is 0 Å². The Hall–Kier alpha value is -3.11. The first kappa shape index (κ1) is 25.5. The third-order valence-electron chi connectivity index (χ3n) is 5.09. The lowest BCUT2D eigenvalue weighted by Gasteiger charge is -2.17. The van der Waals surface area contributed by atoms with Crippen molar-refractivity contribution in [2.45, 2.75) is 31.8 Å². The summed E-state index contributed by atoms with van der Waals surface area (Å²) in [5.74, 6) is -0.916. The number of rotatable bonds is 8. The first-order chi connectivity index (χ1) is 16.0. The molecule has 2 aromatic carbocycles. The smallest absolute Gasteiger partial charge is 0.303 e. The van der Waals surface area contributed by atoms with Crippen molar-refractivity contribution < 1.29 is 32.2 Å². The van der Waals surface area contributed by atoms with Gasteiger partial charge in [0.2, 0.25) is 0 Å². The number of nitrogens with zero attached hydrogens (tertiary/aromatic N) is 1. The normalized spacial score (nSPS) is 12.3. The van der Waals surface area contributed by atoms with Gasteiger partial charge in [0.05, 0.1) is 12.0 Å². The highest BCUT2D eigenvalue weighted by molar-refractivity contribution is 9.15. The van der Waals surface area contributed by atoms with Crippen LogP contribution in [0.25, 0.3) is 15.4 Å². The summed E-state index contributed by atoms with van der Waals surface area (Å²) < 4.78 is 45.0. The third kappa shape index (κ3) is 5.02. The van der Waals surface area contributed by atoms with Crippen molar-refractivity contribution in [1.82, 2.24) is 3.97 Å². The van der Waals surface area contributed by atoms with E-state index in [1.807, 2.05) is 6.92 Å². The molecule has 0 saturated heterocycles. The molecular formula is C24H24BrNO7S. The van der Waals surface area contributed by atoms with E-state index in [9.17, 15) is 18.0 Å². The molecule has 180 valence electrons. The van der Waals surface area contributed by atoms with E-state index in [1.165, 1.54) is 39.3 Å². The van der Waals surface area contributed by atoms with Crippen LogP contribution in [-0.2, 0) is 29.1 Å². The number of fused-ring (bicyclic) bond motifs is 1. The standard InChI is InChI=1S/C24H24BrNO7S/c1-14-6-8-18(9-7-14)34(29,30)26-12-20(22(33-17(4)28)13-32-16(3)27)23-19(15(2)25)10-11-21(31-5)24(23)26/h6-12,22H,2,13H2,1,3-5H3. The maximum atomic E-state index is 13.7. The van der Waals surface area contributed by atoms with Crippen LogP contribution in [0.15, 0.2) is 54.1 Å². The Kier molecular flexibility index (Phi) is 7.52. The minimum absolute atomic E-state index is 0.0655. The third-order valence-corrected chi connectivity index (χ3v) is 7.19. The van der Waals surface area contributed by atoms with Crippen molar-refractivity contribution in [3.8, 4) is 5.75 Å². The number of aromatic nitrogens is 1. The first-order valence-electron chi connectivity index (χ1n) is 10.2. The maximum Gasteiger partial charge on any atom is 0.303 e. The van der Waals surface area contributed by atoms with Crippen molar-refractivity contribution in [2.24, 2.45) is 0 Å². The Bertz CT molecular complexity index is 1370. The fourth-order valence-corrected chi connectivity index (χ4v) is 5.28. The summed E-state index contributed by atoms with van der Waals surface area (Å²) in [7, 11) is -2.66. The van der Waals surface area contributed by atoms with E-state index in [-0.39, 0.29) is 22.8 Å². The molecule has 10 heteroatoms. The Labute approximate surface area is 206 Å². The number of hydrogen-bond acceptors (Lipinski definition) is 7. The SMILES string of the molecule is C=C(Br)c1ccc(OC)c2c1c(C(COC(C)=O)OC(C)=O)cn2S(=O)(=O)c1ccc(C)cc1. The van der Waals surface area contributed by atoms with E-state index in [1.54, 1.807) is 24.3 Å². The number of hydrogen-bond donors (Lipinski definition) is 0. The molecule has 0 bridgehead atoms. The quantitative estimate of drug-likeness (QED) is 0.374. The molecule has 34 heavy (non-hydrogen) atoms. The Morgan fingerprint density at radius 3 is 2.26 bits per heavy atom. The second kappa shape index (κ2) is 10.0. The number of halogens is 1. The van der Waals surface area contributed by atoms with Crippen molar-refractivity contribution in [3.05, 3.63) is 65.9 Å². The molecule has 0 radical (unpaired) electrons. The van der Waals surface area contributed by atoms with Gasteiger partial charge in [0.1, 0.15) is 17.9 Å². The first-order valence-corrected chi connectivity index (χ1v) is 12.4. The number of esters is 2. The number of carbonyl (C=O) groups excluding carboxylic acids is 2. The fourth-order valence-electron chi connectivity index (χ4n) is 3.57. The summed E-state index contributed by atoms with van der Waals surface area (Å²) in [6.07, 6.45) is 0.287. The van der Waals surface area contributed by atoms with Gasteiger partial charge < -0.3 is 14.2 Å². The molecular weight excluding hydrogens is 526 g/mol. The molecule has 0 fully saturated rings. The average molecular weight is 550 g/mol. The summed E-state index contributed by atoms with van der Waals surface area (Å²) in [5, 5.41) is 0.426. The van der Waals surface area contributed by atoms with Gasteiger partial charge in [-0.15, -0.1) is 0 Å². The van der Waals surface area contributed by atoms with Gasteiger partial charge >= 0.3 is 11.9 Å². The van der Waals surface area contributed by atoms with Gasteiger partial charge in [-0.05, 0) is 36.8 Å². The Morgan fingerprint density at radius 1 is 1.09 bits per heavy atom. The molecule has 0 N–H and O–H groups in total. The minimum Gasteiger partial charge on any atom is -0.495 e. The van der Waals surface area contributed by atoms with E-state index in [2.05, 4.69) is 22.5 Å². The van der Waals surface area contributed by atoms with Gasteiger partial charge in [0.25, 0.3) is 10.0 Å². The number of aryl methyl sites for hydroxylation is 1. The van der Waals surface area contributed by atoms with Crippen molar-refractivity contribution in [2.75, 3.05) is 13.7 Å². The predicted octanol–water partition coefficient (Wildman–Crippen LogP) is 4.73. The van der Waals surface area contributed by atoms with Gasteiger partial charge in [-0.1, -0.05) is 40.2 Å². The monoisotopic (exact) mass is 549 g/mol. The lowest BCUT2D eigenvalue weighted by Crippen LogP contribution is -2.17. The zero-order chi connectivity index (χ0) is 25.2. The molecule has 0 amide bonds. The lowest BCUT2D eigenvalue weighted by molar-refractivity contribution is -0.156. The van der Waals surface area contributed by atoms with Crippen LogP contribution in [-0.4, -0.2) is 38.0 Å². The van der Waals surface area contributed by atoms with Crippen LogP contribution in [0.1, 0.15) is 36.6 Å². The molecule has 1 atom stereocenters. The average Bonchev–Trinajstić information content (AvgIpc) is 3.17. The molecule has 8 nitrogen and oxygen atoms in total. The van der Waals surface area contributed by atoms with Gasteiger partial charge in [0.15, 0.2) is 6.10 Å². The minimum atomic E-state index is -4.09. The highest BCUT2D eigenvalue weighted by Crippen LogP contribution is 2.41. The van der Waals surface area contributed by atoms with Crippen molar-refractivity contribution in [1.29, 1.82) is 0 Å². The van der Waals surface area contributed by atoms with Crippen molar-refractivity contribution >= 4 is 53.3 Å². The topological polar surface area (TPSA) is 101 Å². The molecule has 1 unspecified atom stereocenters. The summed E-state index contributed by atoms with van der Waals surface area (Å²) >= 11 is 3.37. The number of ether oxygens (including phenoxy) is 3. The van der Waals surface area contributed by atoms with E-state index in [0.717, 1.165) is 9.54 Å². The number of methoxy groups -OCH3 is 1. The van der Waals surface area contributed by atoms with Gasteiger partial charge in [-0.2, -0.15) is 0 Å². The fraction of sp³-hybridized carbons (Fsp3) is 0.250. The molecule has 0 aliphatic rings. The summed E-state index contributed by atoms with van der Waals surface area (Å²) in [6.45, 7) is 7.93. The molecule has 0 aliphatic carbocycles. The highest BCUT2D eigenvalue weighted by atomic mass is 79.9. The molecule has 0 aliphatic heterocycles. The predicted molar refractivity (Wildman–Crippen MR) is 131 cm³/mol. The van der Waals surface area contributed by atoms with Gasteiger partial charge in [0, 0.05) is 35.5 Å². The van der Waals surface area contributed by atoms with Crippen LogP contribution in [0.3, 0.4) is 0 Å². The molecule has 3 aromatic rings. The molecule has 3 rings (SSSR count). The zero-order valence-electron chi connectivity index (χ0n) is 19.1. The maximum absolute atomic E-state index is 13.7. The van der Waals surface area contributed by atoms with Gasteiger partial charge in [-0.25, -0.2) is 12.4 Å². The van der Waals surface area contributed by atoms with E-state index < -0.39 is 28.1 Å². The van der Waals surface area contributed by atoms with Crippen LogP contribution in [0.4, 0.5) is 0 Å². The van der Waals surface area contributed by atoms with E-state index >= 15 is 0 Å². The molecule has 0 saturated carbocycles. The number of benzene rings is 2. The van der Waals surface area contributed by atoms with E-state index in [4.69, 9.17) is 14.2 Å². The summed E-state index contributed by atoms with van der Waals surface area (Å²) in [4.78, 5) is 23.4. The van der Waals surface area contributed by atoms with Gasteiger partial charge in [-0.3, -0.25) is 9.59 Å². The van der Waals surface area contributed by atoms with Crippen LogP contribution in [0, 0.1) is 6.92 Å². The van der Waals surface area contributed by atoms with Crippen LogP contribution in [0.2, 0.25) is 0 Å². The van der Waals surface area contributed by atoms with Crippen LogP contribution < -0.4 is 4.74 Å². The Morgan fingerprint density at radius 2 is 1.74 bits per heavy atom. The molecule has 0 spiro atoms. The largest absolute Gasteiger partial charge is 0.495 e. The second-order valence-electron chi connectivity index (χ2n) is 7.54. The summed E-state index contributed by atoms with van der Waals surface area (Å²) in [5.41, 5.74) is 2.01. The second-order valence-corrected chi connectivity index (χ2v) is 10.3. The zero-order valence-corrected chi connectivity index (χ0v) is 21.5. The van der Waals surface area contributed by atoms with E-state index in [0.29, 0.717) is 21.0 Å². The Balaban J connectivity index is 2.41. The molecule has 1 aromatic heterocycles. The molecule has 1 heterocycles.